The van der Waals surface area contributed by atoms with Crippen LogP contribution in [0, 0.1) is 0 Å². The highest BCUT2D eigenvalue weighted by Gasteiger charge is 2.43. The number of aliphatic hydroxyl groups is 1. The minimum absolute atomic E-state index is 0.118. The predicted octanol–water partition coefficient (Wildman–Crippen LogP) is 0.904. The number of urea groups is 1. The van der Waals surface area contributed by atoms with Crippen molar-refractivity contribution < 1.29 is 19.2 Å². The Morgan fingerprint density at radius 1 is 1.65 bits per heavy atom. The number of carbonyl (C=O) groups is 1. The smallest absolute Gasteiger partial charge is 0.344 e. The Morgan fingerprint density at radius 3 is 3.10 bits per heavy atom. The number of hydroxylamine groups is 2. The third-order valence-electron chi connectivity index (χ3n) is 3.07. The Labute approximate surface area is 116 Å². The molecule has 1 atom stereocenters. The Balaban J connectivity index is 0.000000704. The summed E-state index contributed by atoms with van der Waals surface area (Å²) in [6, 6.07) is -0.258. The average Bonchev–Trinajstić information content (AvgIpc) is 3.10. The zero-order chi connectivity index (χ0) is 14.5. The summed E-state index contributed by atoms with van der Waals surface area (Å²) in [5, 5.41) is 8.39. The quantitative estimate of drug-likeness (QED) is 0.829. The Morgan fingerprint density at radius 2 is 2.45 bits per heavy atom. The molecule has 2 aliphatic rings. The zero-order valence-electron chi connectivity index (χ0n) is 11.2. The standard InChI is InChI=1S/C12H13N3O3.CH4O/c1-2-5-18-15-10-7-14(12(15)16)4-3-9(10)11-6-13-8-17-11;1-2/h2-3,6,8,10H,1,4-5,7H2;2H,1H3/t10-;/m0./s1. The maximum absolute atomic E-state index is 12.0. The third-order valence-corrected chi connectivity index (χ3v) is 3.07. The molecule has 2 bridgehead atoms. The average molecular weight is 279 g/mol. The number of fused-ring (bicyclic) bond motifs is 2. The number of rotatable bonds is 4. The summed E-state index contributed by atoms with van der Waals surface area (Å²) in [5.41, 5.74) is 0.943. The molecule has 1 fully saturated rings. The largest absolute Gasteiger partial charge is 0.444 e. The van der Waals surface area contributed by atoms with E-state index in [4.69, 9.17) is 14.4 Å². The molecule has 7 nitrogen and oxygen atoms in total. The fourth-order valence-corrected chi connectivity index (χ4v) is 2.26. The van der Waals surface area contributed by atoms with Crippen molar-refractivity contribution in [2.45, 2.75) is 6.04 Å². The molecule has 3 rings (SSSR count). The van der Waals surface area contributed by atoms with E-state index in [2.05, 4.69) is 11.6 Å². The maximum Gasteiger partial charge on any atom is 0.344 e. The summed E-state index contributed by atoms with van der Waals surface area (Å²) in [6.07, 6.45) is 6.62. The summed E-state index contributed by atoms with van der Waals surface area (Å²) in [5.74, 6) is 0.682. The summed E-state index contributed by atoms with van der Waals surface area (Å²) in [7, 11) is 1.00. The highest BCUT2D eigenvalue weighted by Crippen LogP contribution is 2.32. The van der Waals surface area contributed by atoms with Gasteiger partial charge in [0.2, 0.25) is 0 Å². The second-order valence-electron chi connectivity index (χ2n) is 4.14. The number of aliphatic hydroxyl groups excluding tert-OH is 1. The summed E-state index contributed by atoms with van der Waals surface area (Å²) in [4.78, 5) is 23.1. The molecule has 0 aliphatic carbocycles. The van der Waals surface area contributed by atoms with Crippen molar-refractivity contribution in [3.8, 4) is 0 Å². The van der Waals surface area contributed by atoms with Crippen molar-refractivity contribution in [1.82, 2.24) is 14.9 Å². The number of carbonyl (C=O) groups excluding carboxylic acids is 1. The van der Waals surface area contributed by atoms with Crippen LogP contribution in [0.5, 0.6) is 0 Å². The topological polar surface area (TPSA) is 79.0 Å². The molecule has 0 unspecified atom stereocenters. The van der Waals surface area contributed by atoms with Crippen LogP contribution in [0.15, 0.2) is 35.7 Å². The van der Waals surface area contributed by atoms with Gasteiger partial charge in [0.25, 0.3) is 0 Å². The molecular formula is C13H17N3O4. The highest BCUT2D eigenvalue weighted by molar-refractivity contribution is 5.83. The van der Waals surface area contributed by atoms with Crippen molar-refractivity contribution in [3.05, 3.63) is 37.1 Å². The van der Waals surface area contributed by atoms with E-state index in [9.17, 15) is 4.79 Å². The Hall–Kier alpha value is -2.12. The minimum atomic E-state index is -0.140. The van der Waals surface area contributed by atoms with Gasteiger partial charge in [0, 0.05) is 19.2 Å². The fourth-order valence-electron chi connectivity index (χ4n) is 2.26. The Kier molecular flexibility index (Phi) is 4.54. The third kappa shape index (κ3) is 2.45. The van der Waals surface area contributed by atoms with E-state index in [-0.39, 0.29) is 12.1 Å². The van der Waals surface area contributed by atoms with E-state index < -0.39 is 0 Å². The minimum Gasteiger partial charge on any atom is -0.444 e. The first kappa shape index (κ1) is 14.3. The number of amides is 2. The lowest BCUT2D eigenvalue weighted by Crippen LogP contribution is -2.34. The van der Waals surface area contributed by atoms with Gasteiger partial charge in [0.15, 0.2) is 12.2 Å². The first-order valence-electron chi connectivity index (χ1n) is 6.17. The van der Waals surface area contributed by atoms with Crippen LogP contribution in [-0.4, -0.2) is 58.9 Å². The summed E-state index contributed by atoms with van der Waals surface area (Å²) < 4.78 is 5.30. The van der Waals surface area contributed by atoms with Gasteiger partial charge in [-0.25, -0.2) is 9.78 Å². The van der Waals surface area contributed by atoms with Gasteiger partial charge < -0.3 is 14.4 Å². The van der Waals surface area contributed by atoms with Crippen LogP contribution in [-0.2, 0) is 4.84 Å². The molecule has 20 heavy (non-hydrogen) atoms. The number of aromatic nitrogens is 1. The van der Waals surface area contributed by atoms with Gasteiger partial charge in [-0.15, -0.1) is 6.58 Å². The monoisotopic (exact) mass is 279 g/mol. The second kappa shape index (κ2) is 6.36. The van der Waals surface area contributed by atoms with Gasteiger partial charge in [-0.2, -0.15) is 5.06 Å². The molecule has 1 aromatic heterocycles. The van der Waals surface area contributed by atoms with Gasteiger partial charge in [0.1, 0.15) is 6.04 Å². The predicted molar refractivity (Wildman–Crippen MR) is 71.4 cm³/mol. The second-order valence-corrected chi connectivity index (χ2v) is 4.14. The van der Waals surface area contributed by atoms with Crippen LogP contribution in [0.3, 0.4) is 0 Å². The van der Waals surface area contributed by atoms with Gasteiger partial charge >= 0.3 is 6.03 Å². The molecule has 0 radical (unpaired) electrons. The van der Waals surface area contributed by atoms with Crippen molar-refractivity contribution in [2.75, 3.05) is 26.8 Å². The fraction of sp³-hybridized carbons (Fsp3) is 0.385. The molecule has 0 aromatic carbocycles. The number of hydrogen-bond acceptors (Lipinski definition) is 5. The normalized spacial score (nSPS) is 20.4. The number of hydrogen-bond donors (Lipinski definition) is 1. The molecule has 7 heteroatoms. The van der Waals surface area contributed by atoms with Crippen LogP contribution in [0.4, 0.5) is 4.79 Å². The zero-order valence-corrected chi connectivity index (χ0v) is 11.2. The lowest BCUT2D eigenvalue weighted by molar-refractivity contribution is -0.105. The molecule has 108 valence electrons. The van der Waals surface area contributed by atoms with E-state index in [0.717, 1.165) is 12.7 Å². The number of oxazole rings is 1. The summed E-state index contributed by atoms with van der Waals surface area (Å²) in [6.45, 7) is 5.07. The van der Waals surface area contributed by atoms with Crippen molar-refractivity contribution >= 4 is 11.6 Å². The van der Waals surface area contributed by atoms with Gasteiger partial charge in [-0.3, -0.25) is 4.84 Å². The first-order valence-corrected chi connectivity index (χ1v) is 6.17. The molecule has 2 amide bonds. The van der Waals surface area contributed by atoms with Gasteiger partial charge in [-0.05, 0) is 0 Å². The van der Waals surface area contributed by atoms with Crippen LogP contribution in [0.1, 0.15) is 5.76 Å². The van der Waals surface area contributed by atoms with Gasteiger partial charge in [0.05, 0.1) is 19.3 Å². The van der Waals surface area contributed by atoms with Crippen molar-refractivity contribution in [1.29, 1.82) is 0 Å². The molecule has 1 aromatic rings. The van der Waals surface area contributed by atoms with Gasteiger partial charge in [-0.1, -0.05) is 12.2 Å². The molecule has 0 saturated carbocycles. The van der Waals surface area contributed by atoms with E-state index in [0.29, 0.717) is 25.5 Å². The highest BCUT2D eigenvalue weighted by atomic mass is 16.7. The van der Waals surface area contributed by atoms with Crippen molar-refractivity contribution in [2.24, 2.45) is 0 Å². The molecule has 0 spiro atoms. The molecule has 3 heterocycles. The van der Waals surface area contributed by atoms with E-state index >= 15 is 0 Å². The molecular weight excluding hydrogens is 262 g/mol. The van der Waals surface area contributed by atoms with Crippen LogP contribution in [0.25, 0.3) is 5.57 Å². The molecule has 1 N–H and O–H groups in total. The number of nitrogens with zero attached hydrogens (tertiary/aromatic N) is 3. The van der Waals surface area contributed by atoms with Crippen LogP contribution >= 0.6 is 0 Å². The molecule has 2 aliphatic heterocycles. The Bertz CT molecular complexity index is 498. The van der Waals surface area contributed by atoms with Crippen LogP contribution < -0.4 is 0 Å². The molecule has 1 saturated heterocycles. The maximum atomic E-state index is 12.0. The van der Waals surface area contributed by atoms with Crippen molar-refractivity contribution in [3.63, 3.8) is 0 Å². The lowest BCUT2D eigenvalue weighted by atomic mass is 10.0. The van der Waals surface area contributed by atoms with E-state index in [1.807, 2.05) is 6.08 Å². The lowest BCUT2D eigenvalue weighted by Gasteiger charge is -2.23. The van der Waals surface area contributed by atoms with E-state index in [1.54, 1.807) is 17.2 Å². The van der Waals surface area contributed by atoms with Crippen LogP contribution in [0.2, 0.25) is 0 Å². The summed E-state index contributed by atoms with van der Waals surface area (Å²) >= 11 is 0. The first-order chi connectivity index (χ1) is 9.81. The van der Waals surface area contributed by atoms with E-state index in [1.165, 1.54) is 11.5 Å². The SMILES string of the molecule is C=CCON1C(=O)N2CC=C(c3cnco3)[C@@H]1C2.CO.